The third kappa shape index (κ3) is 6.48. The third-order valence-corrected chi connectivity index (χ3v) is 5.64. The van der Waals surface area contributed by atoms with E-state index in [0.29, 0.717) is 18.8 Å². The van der Waals surface area contributed by atoms with Crippen molar-refractivity contribution in [3.05, 3.63) is 29.3 Å². The van der Waals surface area contributed by atoms with E-state index in [2.05, 4.69) is 14.8 Å². The van der Waals surface area contributed by atoms with Crippen LogP contribution < -0.4 is 10.6 Å². The van der Waals surface area contributed by atoms with Gasteiger partial charge in [0.1, 0.15) is 12.3 Å². The summed E-state index contributed by atoms with van der Waals surface area (Å²) in [4.78, 5) is 39.0. The molecule has 0 radical (unpaired) electrons. The molecule has 0 aliphatic carbocycles. The highest BCUT2D eigenvalue weighted by Gasteiger charge is 2.45. The van der Waals surface area contributed by atoms with E-state index in [1.54, 1.807) is 12.1 Å². The number of hydrogen-bond acceptors (Lipinski definition) is 10. The molecule has 1 aromatic rings. The van der Waals surface area contributed by atoms with Crippen LogP contribution in [0.15, 0.2) is 18.2 Å². The van der Waals surface area contributed by atoms with Crippen molar-refractivity contribution in [2.45, 2.75) is 25.1 Å². The lowest BCUT2D eigenvalue weighted by Crippen LogP contribution is -2.55. The fourth-order valence-electron chi connectivity index (χ4n) is 3.58. The van der Waals surface area contributed by atoms with Gasteiger partial charge < -0.3 is 25.2 Å². The molecule has 0 spiro atoms. The predicted molar refractivity (Wildman–Crippen MR) is 115 cm³/mol. The van der Waals surface area contributed by atoms with Gasteiger partial charge in [-0.3, -0.25) is 23.5 Å². The number of carbonyl (C=O) groups excluding carboxylic acids is 3. The monoisotopic (exact) mass is 485 g/mol. The molecule has 3 N–H and O–H groups in total. The Hall–Kier alpha value is -2.58. The highest BCUT2D eigenvalue weighted by molar-refractivity contribution is 7.85. The van der Waals surface area contributed by atoms with Gasteiger partial charge in [-0.1, -0.05) is 6.07 Å². The number of amides is 3. The number of carbonyl (C=O) groups is 3. The molecule has 2 heterocycles. The summed E-state index contributed by atoms with van der Waals surface area (Å²) in [6.07, 6.45) is 0.426. The summed E-state index contributed by atoms with van der Waals surface area (Å²) in [5.74, 6) is -1.65. The number of nitrogens with one attached hydrogen (secondary N) is 2. The Labute approximate surface area is 191 Å². The van der Waals surface area contributed by atoms with Crippen LogP contribution in [-0.4, -0.2) is 94.3 Å². The summed E-state index contributed by atoms with van der Waals surface area (Å²) < 4.78 is 36.8. The molecule has 1 aromatic carbocycles. The Balaban J connectivity index is 1.46. The molecule has 12 nitrogen and oxygen atoms in total. The van der Waals surface area contributed by atoms with E-state index in [1.807, 2.05) is 0 Å². The number of piperidine rings is 1. The van der Waals surface area contributed by atoms with E-state index in [4.69, 9.17) is 9.47 Å². The minimum Gasteiger partial charge on any atom is -0.382 e. The lowest BCUT2D eigenvalue weighted by atomic mass is 10.0. The summed E-state index contributed by atoms with van der Waals surface area (Å²) in [5.41, 5.74) is 0.882. The molecular formula is C20H27N3O9S. The number of aliphatic hydroxyl groups is 1. The number of ether oxygens (including phenoxy) is 2. The Morgan fingerprint density at radius 2 is 1.76 bits per heavy atom. The number of aliphatic hydroxyl groups excluding tert-OH is 1. The quantitative estimate of drug-likeness (QED) is 0.196. The fraction of sp³-hybridized carbons (Fsp3) is 0.550. The van der Waals surface area contributed by atoms with Crippen LogP contribution in [0.2, 0.25) is 0 Å². The molecule has 1 fully saturated rings. The molecule has 3 rings (SSSR count). The van der Waals surface area contributed by atoms with Crippen molar-refractivity contribution in [3.8, 4) is 0 Å². The van der Waals surface area contributed by atoms with Crippen LogP contribution in [0.5, 0.6) is 0 Å². The number of fused-ring (bicyclic) bond motifs is 1. The van der Waals surface area contributed by atoms with E-state index in [1.165, 1.54) is 6.07 Å². The maximum Gasteiger partial charge on any atom is 0.264 e. The van der Waals surface area contributed by atoms with Crippen LogP contribution in [0.25, 0.3) is 0 Å². The minimum atomic E-state index is -3.48. The van der Waals surface area contributed by atoms with Crippen LogP contribution in [-0.2, 0) is 28.6 Å². The van der Waals surface area contributed by atoms with Gasteiger partial charge in [0, 0.05) is 12.2 Å². The fourth-order valence-corrected chi connectivity index (χ4v) is 3.95. The lowest BCUT2D eigenvalue weighted by molar-refractivity contribution is -0.131. The van der Waals surface area contributed by atoms with Crippen molar-refractivity contribution in [1.82, 2.24) is 10.2 Å². The van der Waals surface area contributed by atoms with Gasteiger partial charge in [-0.2, -0.15) is 8.42 Å². The van der Waals surface area contributed by atoms with Crippen molar-refractivity contribution >= 4 is 33.5 Å². The summed E-state index contributed by atoms with van der Waals surface area (Å²) in [7, 11) is -3.48. The van der Waals surface area contributed by atoms with Crippen molar-refractivity contribution in [2.24, 2.45) is 0 Å². The first-order valence-corrected chi connectivity index (χ1v) is 12.2. The highest BCUT2D eigenvalue weighted by atomic mass is 32.2. The summed E-state index contributed by atoms with van der Waals surface area (Å²) >= 11 is 0. The van der Waals surface area contributed by atoms with Crippen LogP contribution in [0.3, 0.4) is 0 Å². The van der Waals surface area contributed by atoms with E-state index in [9.17, 15) is 27.9 Å². The van der Waals surface area contributed by atoms with E-state index in [0.717, 1.165) is 11.2 Å². The molecule has 2 atom stereocenters. The highest BCUT2D eigenvalue weighted by Crippen LogP contribution is 2.32. The molecule has 2 aliphatic rings. The van der Waals surface area contributed by atoms with Crippen molar-refractivity contribution in [2.75, 3.05) is 51.2 Å². The third-order valence-electron chi connectivity index (χ3n) is 5.04. The molecule has 3 amide bonds. The topological polar surface area (TPSA) is 161 Å². The minimum absolute atomic E-state index is 0.0631. The van der Waals surface area contributed by atoms with Crippen LogP contribution in [0, 0.1) is 0 Å². The molecule has 1 saturated heterocycles. The predicted octanol–water partition coefficient (Wildman–Crippen LogP) is -0.699. The number of benzene rings is 1. The van der Waals surface area contributed by atoms with Crippen molar-refractivity contribution < 1.29 is 41.6 Å². The SMILES string of the molecule is CS(=O)(=O)OCCOCCOCCNc1cccc2c1C(=O)N(C1CCC(O)NC1=O)C2=O. The first kappa shape index (κ1) is 25.1. The summed E-state index contributed by atoms with van der Waals surface area (Å²) in [6.45, 7) is 1.24. The Morgan fingerprint density at radius 3 is 2.45 bits per heavy atom. The van der Waals surface area contributed by atoms with Crippen LogP contribution in [0.4, 0.5) is 5.69 Å². The van der Waals surface area contributed by atoms with Crippen molar-refractivity contribution in [1.29, 1.82) is 0 Å². The molecule has 13 heteroatoms. The van der Waals surface area contributed by atoms with Gasteiger partial charge in [-0.15, -0.1) is 0 Å². The van der Waals surface area contributed by atoms with Gasteiger partial charge in [0.2, 0.25) is 5.91 Å². The van der Waals surface area contributed by atoms with Gasteiger partial charge in [0.15, 0.2) is 0 Å². The van der Waals surface area contributed by atoms with Gasteiger partial charge in [-0.25, -0.2) is 0 Å². The Morgan fingerprint density at radius 1 is 1.06 bits per heavy atom. The summed E-state index contributed by atoms with van der Waals surface area (Å²) in [5, 5.41) is 15.0. The number of hydrogen-bond donors (Lipinski definition) is 3. The largest absolute Gasteiger partial charge is 0.382 e. The standard InChI is InChI=1S/C20H27N3O9S/c1-33(28,29)32-12-11-31-10-9-30-8-7-21-14-4-2-3-13-17(14)20(27)23(19(13)26)15-5-6-16(24)22-18(15)25/h2-4,15-16,21,24H,5-12H2,1H3,(H,22,25). The zero-order valence-electron chi connectivity index (χ0n) is 18.1. The maximum absolute atomic E-state index is 13.0. The van der Waals surface area contributed by atoms with Gasteiger partial charge in [0.05, 0.1) is 50.4 Å². The van der Waals surface area contributed by atoms with Gasteiger partial charge in [-0.05, 0) is 25.0 Å². The number of nitrogens with zero attached hydrogens (tertiary/aromatic N) is 1. The molecule has 2 aliphatic heterocycles. The smallest absolute Gasteiger partial charge is 0.264 e. The molecular weight excluding hydrogens is 458 g/mol. The Kier molecular flexibility index (Phi) is 8.37. The molecule has 0 saturated carbocycles. The zero-order chi connectivity index (χ0) is 24.0. The van der Waals surface area contributed by atoms with Crippen LogP contribution >= 0.6 is 0 Å². The molecule has 0 aromatic heterocycles. The first-order valence-electron chi connectivity index (χ1n) is 10.4. The van der Waals surface area contributed by atoms with Gasteiger partial charge >= 0.3 is 0 Å². The summed E-state index contributed by atoms with van der Waals surface area (Å²) in [6, 6.07) is 3.90. The maximum atomic E-state index is 13.0. The number of imide groups is 1. The van der Waals surface area contributed by atoms with Crippen molar-refractivity contribution in [3.63, 3.8) is 0 Å². The second kappa shape index (κ2) is 11.0. The molecule has 182 valence electrons. The number of rotatable bonds is 12. The van der Waals surface area contributed by atoms with E-state index < -0.39 is 40.1 Å². The first-order chi connectivity index (χ1) is 15.7. The Bertz CT molecular complexity index is 998. The van der Waals surface area contributed by atoms with E-state index >= 15 is 0 Å². The second-order valence-corrected chi connectivity index (χ2v) is 9.15. The normalized spacial score (nSPS) is 20.7. The lowest BCUT2D eigenvalue weighted by Gasteiger charge is -2.31. The molecule has 33 heavy (non-hydrogen) atoms. The van der Waals surface area contributed by atoms with E-state index in [-0.39, 0.29) is 50.4 Å². The molecule has 2 unspecified atom stereocenters. The van der Waals surface area contributed by atoms with Gasteiger partial charge in [0.25, 0.3) is 21.9 Å². The zero-order valence-corrected chi connectivity index (χ0v) is 18.9. The average Bonchev–Trinajstić information content (AvgIpc) is 3.00. The molecule has 0 bridgehead atoms. The average molecular weight is 486 g/mol. The van der Waals surface area contributed by atoms with Crippen LogP contribution in [0.1, 0.15) is 33.6 Å². The number of anilines is 1. The second-order valence-electron chi connectivity index (χ2n) is 7.50.